The van der Waals surface area contributed by atoms with Crippen molar-refractivity contribution in [3.63, 3.8) is 0 Å². The minimum absolute atomic E-state index is 0.550. The SMILES string of the molecule is CCC(C)NCCc1nc2cc3c(cc2[nH]1)OCCO3. The van der Waals surface area contributed by atoms with Gasteiger partial charge in [0, 0.05) is 31.1 Å². The molecule has 0 saturated heterocycles. The molecule has 1 aliphatic heterocycles. The molecule has 0 amide bonds. The quantitative estimate of drug-likeness (QED) is 0.879. The highest BCUT2D eigenvalue weighted by atomic mass is 16.6. The first-order valence-corrected chi connectivity index (χ1v) is 7.28. The zero-order valence-corrected chi connectivity index (χ0v) is 12.0. The third-order valence-electron chi connectivity index (χ3n) is 3.66. The van der Waals surface area contributed by atoms with Gasteiger partial charge in [0.1, 0.15) is 19.0 Å². The van der Waals surface area contributed by atoms with Crippen molar-refractivity contribution in [2.75, 3.05) is 19.8 Å². The summed E-state index contributed by atoms with van der Waals surface area (Å²) in [6, 6.07) is 4.47. The Balaban J connectivity index is 1.73. The molecule has 108 valence electrons. The van der Waals surface area contributed by atoms with Gasteiger partial charge in [-0.05, 0) is 13.3 Å². The summed E-state index contributed by atoms with van der Waals surface area (Å²) in [5, 5.41) is 3.47. The molecule has 2 N–H and O–H groups in total. The lowest BCUT2D eigenvalue weighted by Gasteiger charge is -2.17. The molecule has 5 nitrogen and oxygen atoms in total. The van der Waals surface area contributed by atoms with Gasteiger partial charge in [0.15, 0.2) is 11.5 Å². The summed E-state index contributed by atoms with van der Waals surface area (Å²) in [6.45, 7) is 6.53. The predicted molar refractivity (Wildman–Crippen MR) is 78.5 cm³/mol. The van der Waals surface area contributed by atoms with Gasteiger partial charge in [0.05, 0.1) is 11.0 Å². The summed E-state index contributed by atoms with van der Waals surface area (Å²) in [4.78, 5) is 7.96. The molecule has 0 saturated carbocycles. The number of nitrogens with one attached hydrogen (secondary N) is 2. The second-order valence-corrected chi connectivity index (χ2v) is 5.21. The maximum Gasteiger partial charge on any atom is 0.163 e. The molecule has 0 fully saturated rings. The van der Waals surface area contributed by atoms with Gasteiger partial charge < -0.3 is 19.8 Å². The van der Waals surface area contributed by atoms with Crippen LogP contribution >= 0.6 is 0 Å². The number of benzene rings is 1. The van der Waals surface area contributed by atoms with Crippen LogP contribution in [-0.2, 0) is 6.42 Å². The van der Waals surface area contributed by atoms with Crippen molar-refractivity contribution in [3.05, 3.63) is 18.0 Å². The summed E-state index contributed by atoms with van der Waals surface area (Å²) in [6.07, 6.45) is 2.03. The lowest BCUT2D eigenvalue weighted by Crippen LogP contribution is -2.27. The van der Waals surface area contributed by atoms with E-state index in [1.807, 2.05) is 12.1 Å². The van der Waals surface area contributed by atoms with E-state index < -0.39 is 0 Å². The molecule has 3 rings (SSSR count). The van der Waals surface area contributed by atoms with E-state index in [0.717, 1.165) is 47.7 Å². The number of H-pyrrole nitrogens is 1. The molecular weight excluding hydrogens is 254 g/mol. The second-order valence-electron chi connectivity index (χ2n) is 5.21. The van der Waals surface area contributed by atoms with Crippen molar-refractivity contribution in [1.82, 2.24) is 15.3 Å². The number of fused-ring (bicyclic) bond motifs is 2. The van der Waals surface area contributed by atoms with Crippen LogP contribution in [0.15, 0.2) is 12.1 Å². The standard InChI is InChI=1S/C15H21N3O2/c1-3-10(2)16-5-4-15-17-11-8-13-14(9-12(11)18-15)20-7-6-19-13/h8-10,16H,3-7H2,1-2H3,(H,17,18). The fourth-order valence-corrected chi connectivity index (χ4v) is 2.30. The zero-order chi connectivity index (χ0) is 13.9. The van der Waals surface area contributed by atoms with E-state index in [9.17, 15) is 0 Å². The van der Waals surface area contributed by atoms with Gasteiger partial charge in [-0.1, -0.05) is 6.92 Å². The van der Waals surface area contributed by atoms with Gasteiger partial charge in [0.2, 0.25) is 0 Å². The number of rotatable bonds is 5. The number of imidazole rings is 1. The van der Waals surface area contributed by atoms with Crippen molar-refractivity contribution in [1.29, 1.82) is 0 Å². The average Bonchev–Trinajstić information content (AvgIpc) is 2.86. The molecule has 0 bridgehead atoms. The minimum Gasteiger partial charge on any atom is -0.486 e. The van der Waals surface area contributed by atoms with Crippen LogP contribution in [0.5, 0.6) is 11.5 Å². The number of nitrogens with zero attached hydrogens (tertiary/aromatic N) is 1. The van der Waals surface area contributed by atoms with E-state index in [2.05, 4.69) is 29.1 Å². The van der Waals surface area contributed by atoms with Crippen molar-refractivity contribution in [2.45, 2.75) is 32.7 Å². The Kier molecular flexibility index (Phi) is 3.78. The minimum atomic E-state index is 0.550. The highest BCUT2D eigenvalue weighted by molar-refractivity contribution is 5.79. The molecule has 2 aromatic rings. The Bertz CT molecular complexity index is 551. The van der Waals surface area contributed by atoms with Gasteiger partial charge in [0.25, 0.3) is 0 Å². The van der Waals surface area contributed by atoms with E-state index >= 15 is 0 Å². The van der Waals surface area contributed by atoms with Gasteiger partial charge in [-0.15, -0.1) is 0 Å². The largest absolute Gasteiger partial charge is 0.486 e. The molecule has 0 aliphatic carbocycles. The van der Waals surface area contributed by atoms with Gasteiger partial charge in [-0.25, -0.2) is 4.98 Å². The summed E-state index contributed by atoms with van der Waals surface area (Å²) < 4.78 is 11.2. The number of hydrogen-bond donors (Lipinski definition) is 2. The fraction of sp³-hybridized carbons (Fsp3) is 0.533. The molecule has 1 aliphatic rings. The number of aromatic nitrogens is 2. The smallest absolute Gasteiger partial charge is 0.163 e. The van der Waals surface area contributed by atoms with E-state index in [-0.39, 0.29) is 0 Å². The van der Waals surface area contributed by atoms with E-state index in [1.54, 1.807) is 0 Å². The third kappa shape index (κ3) is 2.72. The van der Waals surface area contributed by atoms with E-state index in [1.165, 1.54) is 0 Å². The highest BCUT2D eigenvalue weighted by Gasteiger charge is 2.14. The molecule has 1 aromatic carbocycles. The molecular formula is C15H21N3O2. The molecule has 1 atom stereocenters. The molecule has 1 aromatic heterocycles. The summed E-state index contributed by atoms with van der Waals surface area (Å²) in [5.41, 5.74) is 1.94. The van der Waals surface area contributed by atoms with Crippen molar-refractivity contribution in [3.8, 4) is 11.5 Å². The van der Waals surface area contributed by atoms with E-state index in [4.69, 9.17) is 9.47 Å². The normalized spacial score (nSPS) is 15.5. The van der Waals surface area contributed by atoms with Crippen molar-refractivity contribution >= 4 is 11.0 Å². The first kappa shape index (κ1) is 13.2. The zero-order valence-electron chi connectivity index (χ0n) is 12.0. The Morgan fingerprint density at radius 1 is 1.30 bits per heavy atom. The molecule has 2 heterocycles. The topological polar surface area (TPSA) is 59.2 Å². The molecule has 1 unspecified atom stereocenters. The molecule has 5 heteroatoms. The van der Waals surface area contributed by atoms with Crippen LogP contribution in [0.3, 0.4) is 0 Å². The molecule has 0 radical (unpaired) electrons. The first-order chi connectivity index (χ1) is 9.76. The Hall–Kier alpha value is -1.75. The average molecular weight is 275 g/mol. The maximum atomic E-state index is 5.58. The lowest BCUT2D eigenvalue weighted by atomic mass is 10.2. The van der Waals surface area contributed by atoms with Gasteiger partial charge in [-0.2, -0.15) is 0 Å². The Morgan fingerprint density at radius 2 is 2.05 bits per heavy atom. The van der Waals surface area contributed by atoms with Crippen LogP contribution in [0.2, 0.25) is 0 Å². The van der Waals surface area contributed by atoms with Crippen LogP contribution in [0, 0.1) is 0 Å². The van der Waals surface area contributed by atoms with Gasteiger partial charge >= 0.3 is 0 Å². The van der Waals surface area contributed by atoms with Crippen LogP contribution in [0.1, 0.15) is 26.1 Å². The Labute approximate surface area is 118 Å². The number of ether oxygens (including phenoxy) is 2. The molecule has 20 heavy (non-hydrogen) atoms. The third-order valence-corrected chi connectivity index (χ3v) is 3.66. The number of aromatic amines is 1. The van der Waals surface area contributed by atoms with Crippen LogP contribution in [0.4, 0.5) is 0 Å². The van der Waals surface area contributed by atoms with Crippen LogP contribution < -0.4 is 14.8 Å². The fourth-order valence-electron chi connectivity index (χ4n) is 2.30. The van der Waals surface area contributed by atoms with E-state index in [0.29, 0.717) is 19.3 Å². The van der Waals surface area contributed by atoms with Crippen LogP contribution in [-0.4, -0.2) is 35.8 Å². The summed E-state index contributed by atoms with van der Waals surface area (Å²) >= 11 is 0. The highest BCUT2D eigenvalue weighted by Crippen LogP contribution is 2.33. The lowest BCUT2D eigenvalue weighted by molar-refractivity contribution is 0.172. The van der Waals surface area contributed by atoms with Crippen molar-refractivity contribution in [2.24, 2.45) is 0 Å². The van der Waals surface area contributed by atoms with Crippen molar-refractivity contribution < 1.29 is 9.47 Å². The molecule has 0 spiro atoms. The summed E-state index contributed by atoms with van der Waals surface area (Å²) in [7, 11) is 0. The monoisotopic (exact) mass is 275 g/mol. The van der Waals surface area contributed by atoms with Gasteiger partial charge in [-0.3, -0.25) is 0 Å². The maximum absolute atomic E-state index is 5.58. The predicted octanol–water partition coefficient (Wildman–Crippen LogP) is 2.26. The van der Waals surface area contributed by atoms with Crippen LogP contribution in [0.25, 0.3) is 11.0 Å². The summed E-state index contributed by atoms with van der Waals surface area (Å²) in [5.74, 6) is 2.59. The number of hydrogen-bond acceptors (Lipinski definition) is 4. The second kappa shape index (κ2) is 5.71. The Morgan fingerprint density at radius 3 is 2.80 bits per heavy atom. The first-order valence-electron chi connectivity index (χ1n) is 7.28.